The van der Waals surface area contributed by atoms with Crippen LogP contribution < -0.4 is 10.6 Å². The van der Waals surface area contributed by atoms with Crippen LogP contribution in [-0.2, 0) is 6.42 Å². The van der Waals surface area contributed by atoms with Gasteiger partial charge >= 0.3 is 0 Å². The summed E-state index contributed by atoms with van der Waals surface area (Å²) in [6.45, 7) is 6.45. The Kier molecular flexibility index (Phi) is 4.79. The van der Waals surface area contributed by atoms with E-state index in [1.165, 1.54) is 5.56 Å². The van der Waals surface area contributed by atoms with Gasteiger partial charge < -0.3 is 10.6 Å². The fourth-order valence-corrected chi connectivity index (χ4v) is 1.69. The molecule has 1 rings (SSSR count). The molecule has 2 heteroatoms. The summed E-state index contributed by atoms with van der Waals surface area (Å²) in [5.41, 5.74) is 1.56. The molecule has 84 valence electrons. The highest BCUT2D eigenvalue weighted by molar-refractivity contribution is 5.14. The normalized spacial score (nSPS) is 11.7. The van der Waals surface area contributed by atoms with Gasteiger partial charge in [0.15, 0.2) is 0 Å². The number of nitrogens with one attached hydrogen (secondary N) is 2. The van der Waals surface area contributed by atoms with Gasteiger partial charge in [0.25, 0.3) is 0 Å². The maximum absolute atomic E-state index is 3.55. The van der Waals surface area contributed by atoms with Crippen molar-refractivity contribution in [1.82, 2.24) is 10.6 Å². The fourth-order valence-electron chi connectivity index (χ4n) is 1.69. The molecule has 15 heavy (non-hydrogen) atoms. The van der Waals surface area contributed by atoms with Gasteiger partial charge in [-0.05, 0) is 39.4 Å². The lowest BCUT2D eigenvalue weighted by molar-refractivity contribution is 0.379. The van der Waals surface area contributed by atoms with Crippen molar-refractivity contribution in [2.45, 2.75) is 25.8 Å². The van der Waals surface area contributed by atoms with E-state index in [2.05, 4.69) is 54.8 Å². The predicted molar refractivity (Wildman–Crippen MR) is 66.2 cm³/mol. The van der Waals surface area contributed by atoms with Crippen LogP contribution in [-0.4, -0.2) is 25.7 Å². The van der Waals surface area contributed by atoms with E-state index in [1.807, 2.05) is 7.05 Å². The number of likely N-dealkylation sites (N-methyl/N-ethyl adjacent to an activating group) is 1. The van der Waals surface area contributed by atoms with Crippen LogP contribution in [0.25, 0.3) is 0 Å². The molecular weight excluding hydrogens is 184 g/mol. The minimum atomic E-state index is 0.170. The van der Waals surface area contributed by atoms with Crippen molar-refractivity contribution in [3.05, 3.63) is 35.9 Å². The standard InChI is InChI=1S/C13H22N2/c1-13(2,11-14-3)15-10-9-12-7-5-4-6-8-12/h4-8,14-15H,9-11H2,1-3H3. The second-order valence-corrected chi connectivity index (χ2v) is 4.58. The van der Waals surface area contributed by atoms with Gasteiger partial charge in [-0.1, -0.05) is 30.3 Å². The first kappa shape index (κ1) is 12.2. The van der Waals surface area contributed by atoms with Crippen LogP contribution in [0.4, 0.5) is 0 Å². The first-order valence-corrected chi connectivity index (χ1v) is 5.57. The second-order valence-electron chi connectivity index (χ2n) is 4.58. The van der Waals surface area contributed by atoms with Crippen LogP contribution in [0.15, 0.2) is 30.3 Å². The van der Waals surface area contributed by atoms with E-state index in [9.17, 15) is 0 Å². The third kappa shape index (κ3) is 4.96. The highest BCUT2D eigenvalue weighted by Gasteiger charge is 2.14. The van der Waals surface area contributed by atoms with Crippen molar-refractivity contribution in [3.63, 3.8) is 0 Å². The topological polar surface area (TPSA) is 24.1 Å². The number of benzene rings is 1. The van der Waals surface area contributed by atoms with Crippen molar-refractivity contribution in [3.8, 4) is 0 Å². The van der Waals surface area contributed by atoms with Crippen LogP contribution in [0.3, 0.4) is 0 Å². The fraction of sp³-hybridized carbons (Fsp3) is 0.538. The summed E-state index contributed by atoms with van der Waals surface area (Å²) in [4.78, 5) is 0. The minimum Gasteiger partial charge on any atom is -0.318 e. The van der Waals surface area contributed by atoms with E-state index in [1.54, 1.807) is 0 Å². The monoisotopic (exact) mass is 206 g/mol. The largest absolute Gasteiger partial charge is 0.318 e. The summed E-state index contributed by atoms with van der Waals surface area (Å²) in [6.07, 6.45) is 1.09. The molecule has 0 aliphatic rings. The highest BCUT2D eigenvalue weighted by Crippen LogP contribution is 2.02. The third-order valence-corrected chi connectivity index (χ3v) is 2.48. The van der Waals surface area contributed by atoms with Gasteiger partial charge in [-0.2, -0.15) is 0 Å². The van der Waals surface area contributed by atoms with E-state index in [0.717, 1.165) is 19.5 Å². The minimum absolute atomic E-state index is 0.170. The maximum Gasteiger partial charge on any atom is 0.0249 e. The summed E-state index contributed by atoms with van der Waals surface area (Å²) in [7, 11) is 1.99. The Bertz CT molecular complexity index is 267. The average Bonchev–Trinajstić information content (AvgIpc) is 2.19. The first-order valence-electron chi connectivity index (χ1n) is 5.57. The molecule has 0 aliphatic heterocycles. The SMILES string of the molecule is CNCC(C)(C)NCCc1ccccc1. The Morgan fingerprint density at radius 3 is 2.40 bits per heavy atom. The van der Waals surface area contributed by atoms with Gasteiger partial charge in [0.2, 0.25) is 0 Å². The first-order chi connectivity index (χ1) is 7.14. The van der Waals surface area contributed by atoms with E-state index < -0.39 is 0 Å². The molecule has 0 fully saturated rings. The molecule has 0 saturated heterocycles. The Morgan fingerprint density at radius 2 is 1.80 bits per heavy atom. The molecular formula is C13H22N2. The van der Waals surface area contributed by atoms with Gasteiger partial charge in [-0.15, -0.1) is 0 Å². The van der Waals surface area contributed by atoms with Crippen molar-refractivity contribution in [2.75, 3.05) is 20.1 Å². The highest BCUT2D eigenvalue weighted by atomic mass is 15.0. The zero-order chi connectivity index (χ0) is 11.1. The smallest absolute Gasteiger partial charge is 0.0249 e. The van der Waals surface area contributed by atoms with Crippen molar-refractivity contribution in [2.24, 2.45) is 0 Å². The Labute approximate surface area is 93.1 Å². The summed E-state index contributed by atoms with van der Waals surface area (Å²) < 4.78 is 0. The third-order valence-electron chi connectivity index (χ3n) is 2.48. The van der Waals surface area contributed by atoms with Gasteiger partial charge in [0.1, 0.15) is 0 Å². The van der Waals surface area contributed by atoms with Gasteiger partial charge in [-0.25, -0.2) is 0 Å². The van der Waals surface area contributed by atoms with E-state index in [0.29, 0.717) is 0 Å². The zero-order valence-electron chi connectivity index (χ0n) is 10.0. The second kappa shape index (κ2) is 5.89. The maximum atomic E-state index is 3.55. The predicted octanol–water partition coefficient (Wildman–Crippen LogP) is 1.82. The molecule has 0 spiro atoms. The Balaban J connectivity index is 2.27. The molecule has 0 saturated carbocycles. The van der Waals surface area contributed by atoms with Gasteiger partial charge in [-0.3, -0.25) is 0 Å². The molecule has 2 N–H and O–H groups in total. The van der Waals surface area contributed by atoms with E-state index in [-0.39, 0.29) is 5.54 Å². The molecule has 0 atom stereocenters. The van der Waals surface area contributed by atoms with Gasteiger partial charge in [0, 0.05) is 12.1 Å². The molecule has 1 aromatic rings. The molecule has 2 nitrogen and oxygen atoms in total. The molecule has 0 unspecified atom stereocenters. The molecule has 0 aliphatic carbocycles. The number of hydrogen-bond donors (Lipinski definition) is 2. The summed E-state index contributed by atoms with van der Waals surface area (Å²) in [5, 5.41) is 6.74. The van der Waals surface area contributed by atoms with Gasteiger partial charge in [0.05, 0.1) is 0 Å². The van der Waals surface area contributed by atoms with Crippen molar-refractivity contribution >= 4 is 0 Å². The molecule has 0 radical (unpaired) electrons. The molecule has 1 aromatic carbocycles. The van der Waals surface area contributed by atoms with Crippen LogP contribution in [0.1, 0.15) is 19.4 Å². The summed E-state index contributed by atoms with van der Waals surface area (Å²) >= 11 is 0. The molecule has 0 heterocycles. The van der Waals surface area contributed by atoms with E-state index >= 15 is 0 Å². The van der Waals surface area contributed by atoms with Crippen LogP contribution in [0.5, 0.6) is 0 Å². The lowest BCUT2D eigenvalue weighted by Gasteiger charge is -2.26. The Morgan fingerprint density at radius 1 is 1.13 bits per heavy atom. The molecule has 0 aromatic heterocycles. The van der Waals surface area contributed by atoms with Crippen molar-refractivity contribution in [1.29, 1.82) is 0 Å². The van der Waals surface area contributed by atoms with Crippen LogP contribution in [0, 0.1) is 0 Å². The van der Waals surface area contributed by atoms with Crippen LogP contribution in [0.2, 0.25) is 0 Å². The van der Waals surface area contributed by atoms with Crippen molar-refractivity contribution < 1.29 is 0 Å². The van der Waals surface area contributed by atoms with E-state index in [4.69, 9.17) is 0 Å². The van der Waals surface area contributed by atoms with Crippen LogP contribution >= 0.6 is 0 Å². The number of hydrogen-bond acceptors (Lipinski definition) is 2. The molecule has 0 bridgehead atoms. The molecule has 0 amide bonds. The summed E-state index contributed by atoms with van der Waals surface area (Å²) in [5.74, 6) is 0. The Hall–Kier alpha value is -0.860. The number of rotatable bonds is 6. The average molecular weight is 206 g/mol. The zero-order valence-corrected chi connectivity index (χ0v) is 10.0. The summed E-state index contributed by atoms with van der Waals surface area (Å²) in [6, 6.07) is 10.6. The lowest BCUT2D eigenvalue weighted by Crippen LogP contribution is -2.47. The quantitative estimate of drug-likeness (QED) is 0.742. The lowest BCUT2D eigenvalue weighted by atomic mass is 10.1.